The van der Waals surface area contributed by atoms with Crippen molar-refractivity contribution >= 4 is 38.5 Å². The zero-order valence-corrected chi connectivity index (χ0v) is 13.6. The summed E-state index contributed by atoms with van der Waals surface area (Å²) >= 11 is 5.39. The molecular formula is C12H11BrIN3O. The first-order valence-electron chi connectivity index (χ1n) is 5.39. The fraction of sp³-hybridized carbons (Fsp3) is 0.250. The highest BCUT2D eigenvalue weighted by atomic mass is 127. The van der Waals surface area contributed by atoms with Gasteiger partial charge in [0, 0.05) is 22.4 Å². The minimum absolute atomic E-state index is 0.107. The molecule has 2 rings (SSSR count). The van der Waals surface area contributed by atoms with Crippen molar-refractivity contribution in [2.45, 2.75) is 19.8 Å². The van der Waals surface area contributed by atoms with Gasteiger partial charge in [0.1, 0.15) is 5.82 Å². The van der Waals surface area contributed by atoms with Gasteiger partial charge in [-0.05, 0) is 50.5 Å². The lowest BCUT2D eigenvalue weighted by Crippen LogP contribution is -2.17. The lowest BCUT2D eigenvalue weighted by molar-refractivity contribution is 0.802. The molecular weight excluding hydrogens is 409 g/mol. The zero-order chi connectivity index (χ0) is 13.3. The smallest absolute Gasteiger partial charge is 0.264 e. The number of halogens is 2. The Morgan fingerprint density at radius 1 is 1.39 bits per heavy atom. The van der Waals surface area contributed by atoms with Crippen LogP contribution in [0, 0.1) is 3.57 Å². The highest BCUT2D eigenvalue weighted by Gasteiger charge is 2.13. The first kappa shape index (κ1) is 13.7. The molecule has 2 aromatic rings. The topological polar surface area (TPSA) is 58.6 Å². The Hall–Kier alpha value is -0.760. The van der Waals surface area contributed by atoms with Crippen molar-refractivity contribution < 1.29 is 0 Å². The highest BCUT2D eigenvalue weighted by molar-refractivity contribution is 14.1. The van der Waals surface area contributed by atoms with Crippen LogP contribution in [0.15, 0.2) is 27.7 Å². The second-order valence-corrected chi connectivity index (χ2v) is 6.15. The van der Waals surface area contributed by atoms with Crippen molar-refractivity contribution in [2.75, 3.05) is 0 Å². The van der Waals surface area contributed by atoms with Gasteiger partial charge in [0.15, 0.2) is 0 Å². The van der Waals surface area contributed by atoms with Gasteiger partial charge in [0.25, 0.3) is 5.56 Å². The Kier molecular flexibility index (Phi) is 4.16. The molecule has 0 saturated carbocycles. The van der Waals surface area contributed by atoms with Crippen molar-refractivity contribution in [3.05, 3.63) is 42.6 Å². The molecule has 0 unspecified atom stereocenters. The fourth-order valence-corrected chi connectivity index (χ4v) is 2.78. The molecule has 0 amide bonds. The number of nitrogens with one attached hydrogen (secondary N) is 1. The third kappa shape index (κ3) is 2.80. The first-order chi connectivity index (χ1) is 8.49. The van der Waals surface area contributed by atoms with E-state index in [0.29, 0.717) is 9.39 Å². The molecule has 6 heteroatoms. The molecule has 0 bridgehead atoms. The van der Waals surface area contributed by atoms with E-state index in [0.717, 1.165) is 15.7 Å². The van der Waals surface area contributed by atoms with Crippen LogP contribution in [0.5, 0.6) is 0 Å². The Morgan fingerprint density at radius 2 is 2.11 bits per heavy atom. The Morgan fingerprint density at radius 3 is 2.72 bits per heavy atom. The number of pyridine rings is 1. The second-order valence-electron chi connectivity index (χ2n) is 4.16. The van der Waals surface area contributed by atoms with Crippen molar-refractivity contribution in [1.29, 1.82) is 0 Å². The molecule has 0 aromatic carbocycles. The Bertz CT molecular complexity index is 639. The van der Waals surface area contributed by atoms with E-state index >= 15 is 0 Å². The molecule has 4 nitrogen and oxygen atoms in total. The average Bonchev–Trinajstić information content (AvgIpc) is 2.32. The van der Waals surface area contributed by atoms with Crippen molar-refractivity contribution in [3.63, 3.8) is 0 Å². The lowest BCUT2D eigenvalue weighted by Gasteiger charge is -2.09. The summed E-state index contributed by atoms with van der Waals surface area (Å²) in [5.74, 6) is 0.760. The van der Waals surface area contributed by atoms with E-state index in [9.17, 15) is 4.79 Å². The third-order valence-electron chi connectivity index (χ3n) is 2.41. The molecule has 0 fully saturated rings. The van der Waals surface area contributed by atoms with E-state index in [1.165, 1.54) is 0 Å². The summed E-state index contributed by atoms with van der Waals surface area (Å²) < 4.78 is 1.50. The summed E-state index contributed by atoms with van der Waals surface area (Å²) in [5.41, 5.74) is 1.50. The standard InChI is InChI=1S/C12H11BrIN3O/c1-6(2)10-9(14)12(18)17-11(16-10)7-3-8(13)5-15-4-7/h3-6H,1-2H3,(H,16,17,18). The minimum atomic E-state index is -0.107. The molecule has 0 radical (unpaired) electrons. The zero-order valence-electron chi connectivity index (χ0n) is 9.87. The number of H-pyrrole nitrogens is 1. The molecule has 0 atom stereocenters. The quantitative estimate of drug-likeness (QED) is 0.759. The van der Waals surface area contributed by atoms with Gasteiger partial charge < -0.3 is 4.98 Å². The van der Waals surface area contributed by atoms with Crippen LogP contribution in [-0.4, -0.2) is 15.0 Å². The first-order valence-corrected chi connectivity index (χ1v) is 7.27. The van der Waals surface area contributed by atoms with E-state index in [1.807, 2.05) is 42.5 Å². The average molecular weight is 420 g/mol. The van der Waals surface area contributed by atoms with Gasteiger partial charge >= 0.3 is 0 Å². The van der Waals surface area contributed by atoms with Gasteiger partial charge in [-0.15, -0.1) is 0 Å². The van der Waals surface area contributed by atoms with Crippen LogP contribution in [0.1, 0.15) is 25.5 Å². The molecule has 94 valence electrons. The lowest BCUT2D eigenvalue weighted by atomic mass is 10.1. The molecule has 0 aliphatic carbocycles. The Labute approximate surface area is 127 Å². The van der Waals surface area contributed by atoms with Gasteiger partial charge in [0.05, 0.1) is 9.26 Å². The summed E-state index contributed by atoms with van der Waals surface area (Å²) in [6.45, 7) is 4.04. The van der Waals surface area contributed by atoms with Crippen LogP contribution in [0.4, 0.5) is 0 Å². The molecule has 0 aliphatic rings. The summed E-state index contributed by atoms with van der Waals surface area (Å²) in [6.07, 6.45) is 3.37. The Balaban J connectivity index is 2.63. The van der Waals surface area contributed by atoms with Crippen molar-refractivity contribution in [2.24, 2.45) is 0 Å². The van der Waals surface area contributed by atoms with Gasteiger partial charge in [-0.3, -0.25) is 9.78 Å². The number of nitrogens with zero attached hydrogens (tertiary/aromatic N) is 2. The SMILES string of the molecule is CC(C)c1nc(-c2cncc(Br)c2)[nH]c(=O)c1I. The van der Waals surface area contributed by atoms with E-state index in [1.54, 1.807) is 12.4 Å². The monoisotopic (exact) mass is 419 g/mol. The van der Waals surface area contributed by atoms with Crippen LogP contribution < -0.4 is 5.56 Å². The third-order valence-corrected chi connectivity index (χ3v) is 3.89. The summed E-state index contributed by atoms with van der Waals surface area (Å²) in [4.78, 5) is 23.3. The number of hydrogen-bond donors (Lipinski definition) is 1. The van der Waals surface area contributed by atoms with Crippen LogP contribution in [0.2, 0.25) is 0 Å². The van der Waals surface area contributed by atoms with Gasteiger partial charge in [0.2, 0.25) is 0 Å². The van der Waals surface area contributed by atoms with E-state index in [4.69, 9.17) is 0 Å². The number of rotatable bonds is 2. The maximum absolute atomic E-state index is 11.9. The summed E-state index contributed by atoms with van der Waals surface area (Å²) in [6, 6.07) is 1.88. The number of hydrogen-bond acceptors (Lipinski definition) is 3. The van der Waals surface area contributed by atoms with Crippen molar-refractivity contribution in [3.8, 4) is 11.4 Å². The van der Waals surface area contributed by atoms with Crippen LogP contribution in [0.25, 0.3) is 11.4 Å². The fourth-order valence-electron chi connectivity index (χ4n) is 1.54. The molecule has 0 aliphatic heterocycles. The van der Waals surface area contributed by atoms with E-state index in [2.05, 4.69) is 30.9 Å². The van der Waals surface area contributed by atoms with Crippen LogP contribution >= 0.6 is 38.5 Å². The number of aromatic nitrogens is 3. The minimum Gasteiger partial charge on any atom is -0.306 e. The highest BCUT2D eigenvalue weighted by Crippen LogP contribution is 2.21. The molecule has 0 spiro atoms. The molecule has 18 heavy (non-hydrogen) atoms. The second kappa shape index (κ2) is 5.48. The normalized spacial score (nSPS) is 10.9. The predicted molar refractivity (Wildman–Crippen MR) is 82.6 cm³/mol. The van der Waals surface area contributed by atoms with Gasteiger partial charge in [-0.2, -0.15) is 0 Å². The molecule has 2 heterocycles. The summed E-state index contributed by atoms with van der Waals surface area (Å²) in [7, 11) is 0. The molecule has 1 N–H and O–H groups in total. The largest absolute Gasteiger partial charge is 0.306 e. The maximum atomic E-state index is 11.9. The van der Waals surface area contributed by atoms with E-state index in [-0.39, 0.29) is 11.5 Å². The van der Waals surface area contributed by atoms with Crippen molar-refractivity contribution in [1.82, 2.24) is 15.0 Å². The molecule has 0 saturated heterocycles. The van der Waals surface area contributed by atoms with Gasteiger partial charge in [-0.1, -0.05) is 13.8 Å². The maximum Gasteiger partial charge on any atom is 0.264 e. The van der Waals surface area contributed by atoms with E-state index < -0.39 is 0 Å². The number of aromatic amines is 1. The van der Waals surface area contributed by atoms with Crippen LogP contribution in [0.3, 0.4) is 0 Å². The molecule has 2 aromatic heterocycles. The predicted octanol–water partition coefficient (Wildman–Crippen LogP) is 3.32. The van der Waals surface area contributed by atoms with Crippen LogP contribution in [-0.2, 0) is 0 Å². The summed E-state index contributed by atoms with van der Waals surface area (Å²) in [5, 5.41) is 0. The van der Waals surface area contributed by atoms with Gasteiger partial charge in [-0.25, -0.2) is 4.98 Å².